The van der Waals surface area contributed by atoms with Crippen LogP contribution in [0.2, 0.25) is 0 Å². The van der Waals surface area contributed by atoms with Crippen LogP contribution in [0.3, 0.4) is 0 Å². The van der Waals surface area contributed by atoms with Crippen molar-refractivity contribution in [3.05, 3.63) is 59.9 Å². The second-order valence-electron chi connectivity index (χ2n) is 7.55. The van der Waals surface area contributed by atoms with Crippen molar-refractivity contribution in [2.75, 3.05) is 33.8 Å². The topological polar surface area (TPSA) is 49.9 Å². The number of rotatable bonds is 5. The zero-order valence-corrected chi connectivity index (χ0v) is 17.2. The van der Waals surface area contributed by atoms with E-state index in [0.717, 1.165) is 16.7 Å². The van der Waals surface area contributed by atoms with Crippen LogP contribution in [0.4, 0.5) is 4.39 Å². The molecule has 0 unspecified atom stereocenters. The molecule has 3 rings (SSSR count). The molecule has 2 aromatic rings. The first-order chi connectivity index (χ1) is 13.9. The fourth-order valence-corrected chi connectivity index (χ4v) is 3.83. The van der Waals surface area contributed by atoms with E-state index in [1.807, 2.05) is 31.2 Å². The first-order valence-corrected chi connectivity index (χ1v) is 9.83. The van der Waals surface area contributed by atoms with E-state index in [4.69, 9.17) is 4.74 Å². The number of likely N-dealkylation sites (N-methyl/N-ethyl adjacent to an activating group) is 1. The maximum atomic E-state index is 13.4. The molecule has 0 radical (unpaired) electrons. The summed E-state index contributed by atoms with van der Waals surface area (Å²) in [5.41, 5.74) is 1.55. The predicted molar refractivity (Wildman–Crippen MR) is 110 cm³/mol. The monoisotopic (exact) mass is 398 g/mol. The molecular formula is C23H27FN2O3. The van der Waals surface area contributed by atoms with Gasteiger partial charge >= 0.3 is 0 Å². The summed E-state index contributed by atoms with van der Waals surface area (Å²) in [7, 11) is 3.39. The van der Waals surface area contributed by atoms with Gasteiger partial charge in [-0.2, -0.15) is 0 Å². The van der Waals surface area contributed by atoms with Gasteiger partial charge in [-0.15, -0.1) is 0 Å². The molecule has 2 aromatic carbocycles. The summed E-state index contributed by atoms with van der Waals surface area (Å²) in [6.45, 7) is 2.82. The highest BCUT2D eigenvalue weighted by Gasteiger charge is 2.46. The lowest BCUT2D eigenvalue weighted by Crippen LogP contribution is -2.61. The molecule has 0 aliphatic carbocycles. The Morgan fingerprint density at radius 3 is 2.48 bits per heavy atom. The number of halogens is 1. The number of carbonyl (C=O) groups excluding carboxylic acids is 2. The second kappa shape index (κ2) is 8.74. The molecule has 0 aromatic heterocycles. The normalized spacial score (nSPS) is 19.1. The van der Waals surface area contributed by atoms with Crippen LogP contribution in [-0.4, -0.2) is 61.0 Å². The molecule has 0 bridgehead atoms. The maximum absolute atomic E-state index is 13.4. The third-order valence-electron chi connectivity index (χ3n) is 5.29. The standard InChI is InChI=1S/C23H27FN2O3/c1-4-21(27)26-13-14-29-23(16-26,22(28)25(2)3)15-18-7-5-6-8-20(18)17-9-11-19(24)12-10-17/h5-12H,4,13-16H2,1-3H3/t23-/m1/s1. The average Bonchev–Trinajstić information content (AvgIpc) is 2.73. The number of hydrogen-bond donors (Lipinski definition) is 0. The molecule has 1 fully saturated rings. The molecule has 2 amide bonds. The molecule has 1 aliphatic heterocycles. The van der Waals surface area contributed by atoms with Gasteiger partial charge in [0.05, 0.1) is 13.2 Å². The van der Waals surface area contributed by atoms with E-state index >= 15 is 0 Å². The SMILES string of the molecule is CCC(=O)N1CCO[C@@](Cc2ccccc2-c2ccc(F)cc2)(C(=O)N(C)C)C1. The Kier molecular flexibility index (Phi) is 6.33. The lowest BCUT2D eigenvalue weighted by Gasteiger charge is -2.43. The molecule has 5 nitrogen and oxygen atoms in total. The van der Waals surface area contributed by atoms with Crippen LogP contribution in [0, 0.1) is 5.82 Å². The van der Waals surface area contributed by atoms with Gasteiger partial charge in [-0.3, -0.25) is 9.59 Å². The van der Waals surface area contributed by atoms with Crippen molar-refractivity contribution in [3.8, 4) is 11.1 Å². The van der Waals surface area contributed by atoms with Gasteiger partial charge in [-0.1, -0.05) is 43.3 Å². The van der Waals surface area contributed by atoms with Gasteiger partial charge in [0.25, 0.3) is 5.91 Å². The Morgan fingerprint density at radius 2 is 1.83 bits per heavy atom. The van der Waals surface area contributed by atoms with E-state index in [-0.39, 0.29) is 24.2 Å². The molecule has 1 atom stereocenters. The number of carbonyl (C=O) groups is 2. The van der Waals surface area contributed by atoms with Crippen LogP contribution in [-0.2, 0) is 20.7 Å². The van der Waals surface area contributed by atoms with Crippen molar-refractivity contribution in [1.82, 2.24) is 9.80 Å². The highest BCUT2D eigenvalue weighted by molar-refractivity contribution is 5.87. The highest BCUT2D eigenvalue weighted by atomic mass is 19.1. The van der Waals surface area contributed by atoms with Crippen molar-refractivity contribution < 1.29 is 18.7 Å². The van der Waals surface area contributed by atoms with Crippen LogP contribution >= 0.6 is 0 Å². The Morgan fingerprint density at radius 1 is 1.14 bits per heavy atom. The van der Waals surface area contributed by atoms with E-state index in [0.29, 0.717) is 26.0 Å². The number of benzene rings is 2. The second-order valence-corrected chi connectivity index (χ2v) is 7.55. The first kappa shape index (κ1) is 21.0. The third-order valence-corrected chi connectivity index (χ3v) is 5.29. The van der Waals surface area contributed by atoms with Gasteiger partial charge in [0.2, 0.25) is 5.91 Å². The summed E-state index contributed by atoms with van der Waals surface area (Å²) in [6, 6.07) is 14.0. The fourth-order valence-electron chi connectivity index (χ4n) is 3.83. The van der Waals surface area contributed by atoms with E-state index in [1.165, 1.54) is 17.0 Å². The van der Waals surface area contributed by atoms with Gasteiger partial charge in [-0.25, -0.2) is 4.39 Å². The average molecular weight is 398 g/mol. The minimum absolute atomic E-state index is 0.0102. The van der Waals surface area contributed by atoms with Crippen LogP contribution in [0.15, 0.2) is 48.5 Å². The minimum atomic E-state index is -1.15. The van der Waals surface area contributed by atoms with Gasteiger partial charge < -0.3 is 14.5 Å². The summed E-state index contributed by atoms with van der Waals surface area (Å²) in [5.74, 6) is -0.453. The largest absolute Gasteiger partial charge is 0.361 e. The van der Waals surface area contributed by atoms with Crippen LogP contribution in [0.25, 0.3) is 11.1 Å². The fraction of sp³-hybridized carbons (Fsp3) is 0.391. The lowest BCUT2D eigenvalue weighted by molar-refractivity contribution is -0.172. The summed E-state index contributed by atoms with van der Waals surface area (Å²) in [5, 5.41) is 0. The zero-order chi connectivity index (χ0) is 21.0. The summed E-state index contributed by atoms with van der Waals surface area (Å²) >= 11 is 0. The highest BCUT2D eigenvalue weighted by Crippen LogP contribution is 2.31. The summed E-state index contributed by atoms with van der Waals surface area (Å²) in [4.78, 5) is 28.7. The van der Waals surface area contributed by atoms with E-state index in [1.54, 1.807) is 31.1 Å². The Labute approximate surface area is 171 Å². The lowest BCUT2D eigenvalue weighted by atomic mass is 9.87. The number of nitrogens with zero attached hydrogens (tertiary/aromatic N) is 2. The van der Waals surface area contributed by atoms with Crippen molar-refractivity contribution in [1.29, 1.82) is 0 Å². The van der Waals surface area contributed by atoms with Gasteiger partial charge in [0.15, 0.2) is 5.60 Å². The molecule has 6 heteroatoms. The molecular weight excluding hydrogens is 371 g/mol. The van der Waals surface area contributed by atoms with Crippen LogP contribution in [0.1, 0.15) is 18.9 Å². The van der Waals surface area contributed by atoms with Gasteiger partial charge in [-0.05, 0) is 28.8 Å². The van der Waals surface area contributed by atoms with E-state index < -0.39 is 5.60 Å². The van der Waals surface area contributed by atoms with Gasteiger partial charge in [0.1, 0.15) is 5.82 Å². The van der Waals surface area contributed by atoms with Crippen molar-refractivity contribution in [2.24, 2.45) is 0 Å². The van der Waals surface area contributed by atoms with Crippen molar-refractivity contribution in [2.45, 2.75) is 25.4 Å². The molecule has 29 heavy (non-hydrogen) atoms. The molecule has 1 aliphatic rings. The van der Waals surface area contributed by atoms with Gasteiger partial charge in [0, 0.05) is 33.5 Å². The number of ether oxygens (including phenoxy) is 1. The summed E-state index contributed by atoms with van der Waals surface area (Å²) < 4.78 is 19.5. The number of amides is 2. The quantitative estimate of drug-likeness (QED) is 0.778. The van der Waals surface area contributed by atoms with Crippen LogP contribution in [0.5, 0.6) is 0 Å². The molecule has 1 saturated heterocycles. The Hall–Kier alpha value is -2.73. The minimum Gasteiger partial charge on any atom is -0.361 e. The first-order valence-electron chi connectivity index (χ1n) is 9.83. The maximum Gasteiger partial charge on any atom is 0.256 e. The van der Waals surface area contributed by atoms with E-state index in [9.17, 15) is 14.0 Å². The summed E-state index contributed by atoms with van der Waals surface area (Å²) in [6.07, 6.45) is 0.712. The number of morpholine rings is 1. The van der Waals surface area contributed by atoms with Crippen molar-refractivity contribution in [3.63, 3.8) is 0 Å². The molecule has 0 N–H and O–H groups in total. The van der Waals surface area contributed by atoms with E-state index in [2.05, 4.69) is 0 Å². The smallest absolute Gasteiger partial charge is 0.256 e. The molecule has 0 saturated carbocycles. The molecule has 154 valence electrons. The zero-order valence-electron chi connectivity index (χ0n) is 17.2. The molecule has 1 heterocycles. The molecule has 0 spiro atoms. The Bertz CT molecular complexity index is 882. The Balaban J connectivity index is 2.00. The predicted octanol–water partition coefficient (Wildman–Crippen LogP) is 3.13. The van der Waals surface area contributed by atoms with Crippen LogP contribution < -0.4 is 0 Å². The van der Waals surface area contributed by atoms with Crippen molar-refractivity contribution >= 4 is 11.8 Å². The number of hydrogen-bond acceptors (Lipinski definition) is 3. The third kappa shape index (κ3) is 4.48.